The van der Waals surface area contributed by atoms with Gasteiger partial charge < -0.3 is 14.9 Å². The highest BCUT2D eigenvalue weighted by Crippen LogP contribution is 2.40. The van der Waals surface area contributed by atoms with E-state index in [4.69, 9.17) is 15.0 Å². The number of fused-ring (bicyclic) bond motifs is 1. The number of carbonyl (C=O) groups excluding carboxylic acids is 1. The van der Waals surface area contributed by atoms with Crippen LogP contribution in [0.5, 0.6) is 0 Å². The van der Waals surface area contributed by atoms with Gasteiger partial charge in [-0.25, -0.2) is 19.4 Å². The number of para-hydroxylation sites is 1. The number of amidine groups is 1. The second-order valence-electron chi connectivity index (χ2n) is 10.4. The first-order chi connectivity index (χ1) is 19.2. The van der Waals surface area contributed by atoms with E-state index in [9.17, 15) is 9.90 Å². The lowest BCUT2D eigenvalue weighted by atomic mass is 10.00. The van der Waals surface area contributed by atoms with Crippen molar-refractivity contribution in [3.63, 3.8) is 0 Å². The Labute approximate surface area is 234 Å². The minimum atomic E-state index is -1.28. The van der Waals surface area contributed by atoms with Crippen LogP contribution < -0.4 is 4.90 Å². The van der Waals surface area contributed by atoms with Crippen molar-refractivity contribution in [2.24, 2.45) is 4.99 Å². The fourth-order valence-electron chi connectivity index (χ4n) is 5.48. The highest BCUT2D eigenvalue weighted by Gasteiger charge is 2.38. The van der Waals surface area contributed by atoms with Crippen LogP contribution >= 0.6 is 0 Å². The smallest absolute Gasteiger partial charge is 0.246 e. The standard InChI is InChI=1S/C31H35FN6O2/c1-6-24-27(22-13-8-10-14-23(22)32)34-30-28(33-24)29(37-17-16-36(18-20(37)5)26(39)7-2)35-31(40)38(30)25-15-11-9-12-21(25)19(3)4/h7-15,19-20,31,40H,2,6,16-18H2,1,3-5H3/t20-,31?/m0/s1. The summed E-state index contributed by atoms with van der Waals surface area (Å²) >= 11 is 0. The molecule has 8 nitrogen and oxygen atoms in total. The molecule has 1 fully saturated rings. The number of anilines is 2. The van der Waals surface area contributed by atoms with Crippen LogP contribution in [-0.4, -0.2) is 68.6 Å². The van der Waals surface area contributed by atoms with Gasteiger partial charge in [0.05, 0.1) is 17.1 Å². The fraction of sp³-hybridized carbons (Fsp3) is 0.355. The minimum absolute atomic E-state index is 0.0935. The number of aliphatic imine (C=N–C) groups is 1. The summed E-state index contributed by atoms with van der Waals surface area (Å²) in [7, 11) is 0. The Morgan fingerprint density at radius 1 is 1.12 bits per heavy atom. The number of hydrogen-bond acceptors (Lipinski definition) is 7. The van der Waals surface area contributed by atoms with E-state index < -0.39 is 6.35 Å². The topological polar surface area (TPSA) is 85.2 Å². The van der Waals surface area contributed by atoms with Gasteiger partial charge in [0.1, 0.15) is 11.5 Å². The number of rotatable bonds is 5. The van der Waals surface area contributed by atoms with Crippen molar-refractivity contribution in [3.05, 3.63) is 84.0 Å². The molecule has 208 valence electrons. The zero-order valence-corrected chi connectivity index (χ0v) is 23.4. The molecule has 1 saturated heterocycles. The molecule has 2 aliphatic rings. The number of hydrogen-bond donors (Lipinski definition) is 1. The molecule has 40 heavy (non-hydrogen) atoms. The van der Waals surface area contributed by atoms with Crippen LogP contribution in [0, 0.1) is 5.82 Å². The Morgan fingerprint density at radius 2 is 1.85 bits per heavy atom. The summed E-state index contributed by atoms with van der Waals surface area (Å²) in [4.78, 5) is 32.6. The number of carbonyl (C=O) groups is 1. The Hall–Kier alpha value is -4.11. The molecule has 0 saturated carbocycles. The minimum Gasteiger partial charge on any atom is -0.355 e. The Balaban J connectivity index is 1.70. The second-order valence-corrected chi connectivity index (χ2v) is 10.4. The molecule has 1 aromatic heterocycles. The summed E-state index contributed by atoms with van der Waals surface area (Å²) in [6.07, 6.45) is 0.574. The molecule has 9 heteroatoms. The average molecular weight is 543 g/mol. The van der Waals surface area contributed by atoms with Gasteiger partial charge in [-0.15, -0.1) is 0 Å². The summed E-state index contributed by atoms with van der Waals surface area (Å²) in [6.45, 7) is 13.2. The van der Waals surface area contributed by atoms with Crippen LogP contribution in [0.15, 0.2) is 66.2 Å². The number of halogens is 1. The van der Waals surface area contributed by atoms with Crippen LogP contribution in [0.25, 0.3) is 11.3 Å². The number of nitrogens with zero attached hydrogens (tertiary/aromatic N) is 6. The van der Waals surface area contributed by atoms with E-state index in [1.165, 1.54) is 12.1 Å². The molecule has 3 heterocycles. The van der Waals surface area contributed by atoms with Crippen LogP contribution in [0.3, 0.4) is 0 Å². The number of aryl methyl sites for hydroxylation is 1. The van der Waals surface area contributed by atoms with Crippen LogP contribution in [0.4, 0.5) is 15.9 Å². The number of amides is 1. The van der Waals surface area contributed by atoms with Gasteiger partial charge in [0.25, 0.3) is 0 Å². The fourth-order valence-corrected chi connectivity index (χ4v) is 5.48. The van der Waals surface area contributed by atoms with Gasteiger partial charge in [0.15, 0.2) is 11.7 Å². The first-order valence-electron chi connectivity index (χ1n) is 13.7. The molecule has 1 unspecified atom stereocenters. The highest BCUT2D eigenvalue weighted by molar-refractivity contribution is 6.04. The van der Waals surface area contributed by atoms with E-state index >= 15 is 4.39 Å². The molecule has 3 aromatic rings. The Morgan fingerprint density at radius 3 is 2.52 bits per heavy atom. The van der Waals surface area contributed by atoms with E-state index in [0.717, 1.165) is 11.3 Å². The molecule has 1 amide bonds. The predicted octanol–water partition coefficient (Wildman–Crippen LogP) is 4.86. The van der Waals surface area contributed by atoms with Crippen molar-refractivity contribution >= 4 is 23.2 Å². The van der Waals surface area contributed by atoms with E-state index in [0.29, 0.717) is 60.4 Å². The van der Waals surface area contributed by atoms with Crippen LogP contribution in [-0.2, 0) is 11.2 Å². The van der Waals surface area contributed by atoms with Crippen molar-refractivity contribution < 1.29 is 14.3 Å². The maximum atomic E-state index is 15.0. The van der Waals surface area contributed by atoms with Gasteiger partial charge in [-0.05, 0) is 49.1 Å². The lowest BCUT2D eigenvalue weighted by Crippen LogP contribution is -2.56. The normalized spacial score (nSPS) is 19.0. The molecule has 2 aliphatic heterocycles. The van der Waals surface area contributed by atoms with E-state index in [1.54, 1.807) is 28.0 Å². The van der Waals surface area contributed by atoms with Crippen molar-refractivity contribution in [3.8, 4) is 11.3 Å². The molecule has 2 atom stereocenters. The number of piperazine rings is 1. The molecule has 2 aromatic carbocycles. The van der Waals surface area contributed by atoms with Crippen molar-refractivity contribution in [1.82, 2.24) is 19.8 Å². The number of aliphatic hydroxyl groups is 1. The van der Waals surface area contributed by atoms with Crippen LogP contribution in [0.1, 0.15) is 50.6 Å². The van der Waals surface area contributed by atoms with Gasteiger partial charge in [-0.2, -0.15) is 0 Å². The maximum absolute atomic E-state index is 15.0. The number of aromatic nitrogens is 2. The molecule has 0 spiro atoms. The molecular formula is C31H35FN6O2. The number of benzene rings is 2. The second kappa shape index (κ2) is 11.2. The predicted molar refractivity (Wildman–Crippen MR) is 155 cm³/mol. The molecule has 0 aliphatic carbocycles. The van der Waals surface area contributed by atoms with Gasteiger partial charge in [0.2, 0.25) is 12.3 Å². The van der Waals surface area contributed by atoms with Crippen molar-refractivity contribution in [2.75, 3.05) is 24.5 Å². The van der Waals surface area contributed by atoms with Crippen molar-refractivity contribution in [2.45, 2.75) is 52.4 Å². The Kier molecular flexibility index (Phi) is 7.67. The summed E-state index contributed by atoms with van der Waals surface area (Å²) in [5.41, 5.74) is 3.74. The van der Waals surface area contributed by atoms with Gasteiger partial charge in [-0.3, -0.25) is 9.69 Å². The maximum Gasteiger partial charge on any atom is 0.246 e. The monoisotopic (exact) mass is 542 g/mol. The third-order valence-electron chi connectivity index (χ3n) is 7.53. The summed E-state index contributed by atoms with van der Waals surface area (Å²) in [6, 6.07) is 14.3. The molecular weight excluding hydrogens is 507 g/mol. The number of aliphatic hydroxyl groups excluding tert-OH is 1. The molecule has 0 radical (unpaired) electrons. The van der Waals surface area contributed by atoms with Gasteiger partial charge >= 0.3 is 0 Å². The third kappa shape index (κ3) is 4.86. The quantitative estimate of drug-likeness (QED) is 0.464. The zero-order chi connectivity index (χ0) is 28.6. The zero-order valence-electron chi connectivity index (χ0n) is 23.4. The lowest BCUT2D eigenvalue weighted by Gasteiger charge is -2.43. The first-order valence-corrected chi connectivity index (χ1v) is 13.7. The van der Waals surface area contributed by atoms with Crippen molar-refractivity contribution in [1.29, 1.82) is 0 Å². The molecule has 1 N–H and O–H groups in total. The van der Waals surface area contributed by atoms with E-state index in [-0.39, 0.29) is 23.7 Å². The third-order valence-corrected chi connectivity index (χ3v) is 7.53. The lowest BCUT2D eigenvalue weighted by molar-refractivity contribution is -0.128. The van der Waals surface area contributed by atoms with E-state index in [1.807, 2.05) is 38.1 Å². The van der Waals surface area contributed by atoms with Gasteiger partial charge in [0, 0.05) is 31.2 Å². The largest absolute Gasteiger partial charge is 0.355 e. The molecule has 0 bridgehead atoms. The van der Waals surface area contributed by atoms with E-state index in [2.05, 4.69) is 25.3 Å². The Bertz CT molecular complexity index is 1470. The van der Waals surface area contributed by atoms with Gasteiger partial charge in [-0.1, -0.05) is 57.7 Å². The summed E-state index contributed by atoms with van der Waals surface area (Å²) in [5.74, 6) is 0.597. The molecule has 5 rings (SSSR count). The average Bonchev–Trinajstić information content (AvgIpc) is 2.96. The van der Waals surface area contributed by atoms with Crippen LogP contribution in [0.2, 0.25) is 0 Å². The first kappa shape index (κ1) is 27.5. The SMILES string of the molecule is C=CC(=O)N1CCN(C2=NC(O)N(c3ccccc3C(C)C)c3nc(-c4ccccc4F)c(CC)nc32)[C@@H](C)C1. The summed E-state index contributed by atoms with van der Waals surface area (Å²) in [5, 5.41) is 11.6. The highest BCUT2D eigenvalue weighted by atomic mass is 19.1. The summed E-state index contributed by atoms with van der Waals surface area (Å²) < 4.78 is 15.0.